The molecule has 0 fully saturated rings. The van der Waals surface area contributed by atoms with Crippen LogP contribution in [0.25, 0.3) is 12.2 Å². The predicted octanol–water partition coefficient (Wildman–Crippen LogP) is 4.58. The Bertz CT molecular complexity index is 563. The van der Waals surface area contributed by atoms with E-state index >= 15 is 0 Å². The van der Waals surface area contributed by atoms with Crippen molar-refractivity contribution in [2.75, 3.05) is 7.05 Å². The highest BCUT2D eigenvalue weighted by Crippen LogP contribution is 2.22. The van der Waals surface area contributed by atoms with Crippen LogP contribution >= 0.6 is 0 Å². The van der Waals surface area contributed by atoms with Crippen LogP contribution in [0.5, 0.6) is 5.75 Å². The van der Waals surface area contributed by atoms with Gasteiger partial charge in [0.1, 0.15) is 12.0 Å². The van der Waals surface area contributed by atoms with E-state index in [1.807, 2.05) is 43.4 Å². The molecule has 1 atom stereocenters. The second-order valence-corrected chi connectivity index (χ2v) is 4.97. The molecule has 0 heterocycles. The lowest BCUT2D eigenvalue weighted by atomic mass is 10.1. The second kappa shape index (κ2) is 8.28. The van der Waals surface area contributed by atoms with E-state index in [0.29, 0.717) is 0 Å². The molecule has 1 unspecified atom stereocenters. The van der Waals surface area contributed by atoms with Gasteiger partial charge < -0.3 is 4.74 Å². The zero-order chi connectivity index (χ0) is 14.9. The Kier molecular flexibility index (Phi) is 6.04. The van der Waals surface area contributed by atoms with Crippen LogP contribution in [0.4, 0.5) is 0 Å². The molecule has 2 heteroatoms. The number of nitrogens with one attached hydrogen (secondary N) is 1. The Morgan fingerprint density at radius 3 is 2.43 bits per heavy atom. The minimum atomic E-state index is 0.0567. The zero-order valence-corrected chi connectivity index (χ0v) is 12.8. The second-order valence-electron chi connectivity index (χ2n) is 4.97. The van der Waals surface area contributed by atoms with Gasteiger partial charge in [0.15, 0.2) is 0 Å². The Labute approximate surface area is 127 Å². The third-order valence-corrected chi connectivity index (χ3v) is 3.32. The van der Waals surface area contributed by atoms with Crippen molar-refractivity contribution in [2.45, 2.75) is 26.0 Å². The molecule has 0 aliphatic heterocycles. The van der Waals surface area contributed by atoms with Crippen molar-refractivity contribution in [2.24, 2.45) is 0 Å². The molecule has 2 nitrogen and oxygen atoms in total. The summed E-state index contributed by atoms with van der Waals surface area (Å²) in [5, 5.41) is 3.21. The maximum absolute atomic E-state index is 6.06. The van der Waals surface area contributed by atoms with Gasteiger partial charge in [0.2, 0.25) is 0 Å². The van der Waals surface area contributed by atoms with E-state index in [2.05, 4.69) is 42.6 Å². The Hall–Kier alpha value is -2.06. The van der Waals surface area contributed by atoms with Gasteiger partial charge in [-0.1, -0.05) is 74.0 Å². The maximum Gasteiger partial charge on any atom is 0.149 e. The molecule has 21 heavy (non-hydrogen) atoms. The topological polar surface area (TPSA) is 21.3 Å². The molecule has 1 N–H and O–H groups in total. The standard InChI is InChI=1S/C19H23NO/c1-3-9-19(20-2)21-18-13-8-7-12-17(18)15-14-16-10-5-4-6-11-16/h4-8,10-15,19-20H,3,9H2,1-2H3/b15-14+. The summed E-state index contributed by atoms with van der Waals surface area (Å²) in [6, 6.07) is 18.4. The van der Waals surface area contributed by atoms with Crippen LogP contribution in [0.2, 0.25) is 0 Å². The van der Waals surface area contributed by atoms with Gasteiger partial charge in [-0.3, -0.25) is 5.32 Å². The zero-order valence-electron chi connectivity index (χ0n) is 12.8. The van der Waals surface area contributed by atoms with Gasteiger partial charge in [-0.2, -0.15) is 0 Å². The molecule has 0 spiro atoms. The highest BCUT2D eigenvalue weighted by atomic mass is 16.5. The summed E-state index contributed by atoms with van der Waals surface area (Å²) in [7, 11) is 1.93. The molecule has 2 aromatic rings. The highest BCUT2D eigenvalue weighted by Gasteiger charge is 2.08. The number of rotatable bonds is 7. The lowest BCUT2D eigenvalue weighted by molar-refractivity contribution is 0.162. The van der Waals surface area contributed by atoms with Crippen molar-refractivity contribution in [3.8, 4) is 5.75 Å². The van der Waals surface area contributed by atoms with E-state index in [1.54, 1.807) is 0 Å². The third-order valence-electron chi connectivity index (χ3n) is 3.32. The molecule has 0 radical (unpaired) electrons. The van der Waals surface area contributed by atoms with E-state index in [0.717, 1.165) is 24.2 Å². The Morgan fingerprint density at radius 1 is 1.00 bits per heavy atom. The number of para-hydroxylation sites is 1. The van der Waals surface area contributed by atoms with E-state index in [9.17, 15) is 0 Å². The fourth-order valence-corrected chi connectivity index (χ4v) is 2.15. The lowest BCUT2D eigenvalue weighted by Gasteiger charge is -2.19. The molecular weight excluding hydrogens is 258 g/mol. The number of ether oxygens (including phenoxy) is 1. The minimum Gasteiger partial charge on any atom is -0.475 e. The molecule has 110 valence electrons. The number of hydrogen-bond acceptors (Lipinski definition) is 2. The number of benzene rings is 2. The smallest absolute Gasteiger partial charge is 0.149 e. The molecule has 2 aromatic carbocycles. The normalized spacial score (nSPS) is 12.5. The average Bonchev–Trinajstić information content (AvgIpc) is 2.54. The molecule has 0 aliphatic rings. The Balaban J connectivity index is 2.15. The summed E-state index contributed by atoms with van der Waals surface area (Å²) < 4.78 is 6.06. The third kappa shape index (κ3) is 4.76. The SMILES string of the molecule is CCCC(NC)Oc1ccccc1/C=C/c1ccccc1. The van der Waals surface area contributed by atoms with Crippen molar-refractivity contribution in [1.82, 2.24) is 5.32 Å². The number of hydrogen-bond donors (Lipinski definition) is 1. The lowest BCUT2D eigenvalue weighted by Crippen LogP contribution is -2.31. The summed E-state index contributed by atoms with van der Waals surface area (Å²) in [6.45, 7) is 2.16. The summed E-state index contributed by atoms with van der Waals surface area (Å²) in [5.74, 6) is 0.914. The van der Waals surface area contributed by atoms with Crippen molar-refractivity contribution in [3.05, 3.63) is 65.7 Å². The van der Waals surface area contributed by atoms with Crippen LogP contribution < -0.4 is 10.1 Å². The van der Waals surface area contributed by atoms with Crippen LogP contribution in [0.1, 0.15) is 30.9 Å². The van der Waals surface area contributed by atoms with Gasteiger partial charge in [-0.25, -0.2) is 0 Å². The molecular formula is C19H23NO. The minimum absolute atomic E-state index is 0.0567. The van der Waals surface area contributed by atoms with E-state index in [4.69, 9.17) is 4.74 Å². The Morgan fingerprint density at radius 2 is 1.71 bits per heavy atom. The predicted molar refractivity (Wildman–Crippen MR) is 90.2 cm³/mol. The van der Waals surface area contributed by atoms with Gasteiger partial charge in [0.25, 0.3) is 0 Å². The maximum atomic E-state index is 6.06. The molecule has 2 rings (SSSR count). The van der Waals surface area contributed by atoms with E-state index in [-0.39, 0.29) is 6.23 Å². The monoisotopic (exact) mass is 281 g/mol. The first-order valence-corrected chi connectivity index (χ1v) is 7.49. The molecule has 0 saturated carbocycles. The summed E-state index contributed by atoms with van der Waals surface area (Å²) in [6.07, 6.45) is 6.35. The van der Waals surface area contributed by atoms with Gasteiger partial charge >= 0.3 is 0 Å². The van der Waals surface area contributed by atoms with Crippen molar-refractivity contribution >= 4 is 12.2 Å². The first-order chi connectivity index (χ1) is 10.3. The van der Waals surface area contributed by atoms with Gasteiger partial charge in [0, 0.05) is 5.56 Å². The molecule has 0 amide bonds. The fourth-order valence-electron chi connectivity index (χ4n) is 2.15. The van der Waals surface area contributed by atoms with Gasteiger partial charge in [0.05, 0.1) is 0 Å². The quantitative estimate of drug-likeness (QED) is 0.592. The van der Waals surface area contributed by atoms with Crippen LogP contribution in [0.3, 0.4) is 0 Å². The largest absolute Gasteiger partial charge is 0.475 e. The van der Waals surface area contributed by atoms with Crippen molar-refractivity contribution in [1.29, 1.82) is 0 Å². The average molecular weight is 281 g/mol. The van der Waals surface area contributed by atoms with Crippen molar-refractivity contribution < 1.29 is 4.74 Å². The highest BCUT2D eigenvalue weighted by molar-refractivity contribution is 5.72. The summed E-state index contributed by atoms with van der Waals surface area (Å²) in [4.78, 5) is 0. The molecule has 0 saturated heterocycles. The first kappa shape index (κ1) is 15.3. The van der Waals surface area contributed by atoms with Crippen LogP contribution in [0.15, 0.2) is 54.6 Å². The van der Waals surface area contributed by atoms with E-state index in [1.165, 1.54) is 5.56 Å². The summed E-state index contributed by atoms with van der Waals surface area (Å²) >= 11 is 0. The van der Waals surface area contributed by atoms with Crippen LogP contribution in [-0.2, 0) is 0 Å². The fraction of sp³-hybridized carbons (Fsp3) is 0.263. The molecule has 0 aromatic heterocycles. The first-order valence-electron chi connectivity index (χ1n) is 7.49. The van der Waals surface area contributed by atoms with Crippen LogP contribution in [0, 0.1) is 0 Å². The molecule has 0 aliphatic carbocycles. The van der Waals surface area contributed by atoms with Gasteiger partial charge in [-0.15, -0.1) is 0 Å². The van der Waals surface area contributed by atoms with Crippen molar-refractivity contribution in [3.63, 3.8) is 0 Å². The van der Waals surface area contributed by atoms with Crippen LogP contribution in [-0.4, -0.2) is 13.3 Å². The van der Waals surface area contributed by atoms with E-state index < -0.39 is 0 Å². The molecule has 0 bridgehead atoms. The summed E-state index contributed by atoms with van der Waals surface area (Å²) in [5.41, 5.74) is 2.28. The van der Waals surface area contributed by atoms with Gasteiger partial charge in [-0.05, 0) is 25.1 Å².